The number of aliphatic hydroxyl groups is 1. The van der Waals surface area contributed by atoms with Crippen LogP contribution in [0.2, 0.25) is 0 Å². The highest BCUT2D eigenvalue weighted by Gasteiger charge is 2.20. The summed E-state index contributed by atoms with van der Waals surface area (Å²) in [5, 5.41) is 13.1. The third-order valence-electron chi connectivity index (χ3n) is 2.82. The second-order valence-corrected chi connectivity index (χ2v) is 4.45. The molecule has 1 saturated carbocycles. The highest BCUT2D eigenvalue weighted by atomic mass is 16.3. The van der Waals surface area contributed by atoms with Crippen molar-refractivity contribution < 1.29 is 5.11 Å². The number of aliphatic hydroxyl groups excluding tert-OH is 1. The third kappa shape index (κ3) is 4.02. The smallest absolute Gasteiger partial charge is 0.0704 e. The summed E-state index contributed by atoms with van der Waals surface area (Å²) in [6.45, 7) is 1.79. The van der Waals surface area contributed by atoms with Gasteiger partial charge >= 0.3 is 0 Å². The summed E-state index contributed by atoms with van der Waals surface area (Å²) in [5.74, 6) is 0.883. The van der Waals surface area contributed by atoms with E-state index in [1.807, 2.05) is 18.2 Å². The van der Waals surface area contributed by atoms with Gasteiger partial charge in [-0.15, -0.1) is 0 Å². The summed E-state index contributed by atoms with van der Waals surface area (Å²) in [6.07, 6.45) is 3.22. The predicted molar refractivity (Wildman–Crippen MR) is 61.7 cm³/mol. The maximum Gasteiger partial charge on any atom is 0.0704 e. The van der Waals surface area contributed by atoms with Crippen LogP contribution in [-0.4, -0.2) is 24.3 Å². The molecule has 1 aliphatic carbocycles. The average Bonchev–Trinajstić information content (AvgIpc) is 3.03. The molecule has 2 heteroatoms. The summed E-state index contributed by atoms with van der Waals surface area (Å²) >= 11 is 0. The SMILES string of the molecule is OC(CNCC1CC1)Cc1ccccc1. The molecule has 82 valence electrons. The molecule has 0 heterocycles. The van der Waals surface area contributed by atoms with Crippen LogP contribution in [0.15, 0.2) is 30.3 Å². The van der Waals surface area contributed by atoms with Gasteiger partial charge in [0.1, 0.15) is 0 Å². The largest absolute Gasteiger partial charge is 0.391 e. The van der Waals surface area contributed by atoms with E-state index in [9.17, 15) is 5.11 Å². The molecular formula is C13H19NO. The molecule has 2 nitrogen and oxygen atoms in total. The molecular weight excluding hydrogens is 186 g/mol. The van der Waals surface area contributed by atoms with Crippen LogP contribution in [0, 0.1) is 5.92 Å². The summed E-state index contributed by atoms with van der Waals surface area (Å²) < 4.78 is 0. The fourth-order valence-corrected chi connectivity index (χ4v) is 1.73. The van der Waals surface area contributed by atoms with E-state index in [2.05, 4.69) is 17.4 Å². The molecule has 0 spiro atoms. The Kier molecular flexibility index (Phi) is 3.75. The first-order valence-corrected chi connectivity index (χ1v) is 5.77. The lowest BCUT2D eigenvalue weighted by Crippen LogP contribution is -2.29. The summed E-state index contributed by atoms with van der Waals surface area (Å²) in [7, 11) is 0. The lowest BCUT2D eigenvalue weighted by molar-refractivity contribution is 0.171. The van der Waals surface area contributed by atoms with Gasteiger partial charge < -0.3 is 10.4 Å². The zero-order valence-corrected chi connectivity index (χ0v) is 9.02. The Hall–Kier alpha value is -0.860. The molecule has 0 aliphatic heterocycles. The molecule has 15 heavy (non-hydrogen) atoms. The van der Waals surface area contributed by atoms with Crippen molar-refractivity contribution >= 4 is 0 Å². The van der Waals surface area contributed by atoms with E-state index in [4.69, 9.17) is 0 Å². The topological polar surface area (TPSA) is 32.3 Å². The van der Waals surface area contributed by atoms with Crippen LogP contribution in [0.25, 0.3) is 0 Å². The minimum atomic E-state index is -0.258. The van der Waals surface area contributed by atoms with Crippen LogP contribution in [0.1, 0.15) is 18.4 Å². The van der Waals surface area contributed by atoms with E-state index in [1.165, 1.54) is 18.4 Å². The number of hydrogen-bond acceptors (Lipinski definition) is 2. The second kappa shape index (κ2) is 5.29. The molecule has 2 N–H and O–H groups in total. The molecule has 2 rings (SSSR count). The van der Waals surface area contributed by atoms with E-state index in [0.717, 1.165) is 18.9 Å². The lowest BCUT2D eigenvalue weighted by Gasteiger charge is -2.11. The number of benzene rings is 1. The fourth-order valence-electron chi connectivity index (χ4n) is 1.73. The predicted octanol–water partition coefficient (Wildman–Crippen LogP) is 1.59. The Morgan fingerprint density at radius 3 is 2.67 bits per heavy atom. The van der Waals surface area contributed by atoms with Gasteiger partial charge in [-0.05, 0) is 37.3 Å². The van der Waals surface area contributed by atoms with Crippen molar-refractivity contribution in [3.8, 4) is 0 Å². The van der Waals surface area contributed by atoms with E-state index in [-0.39, 0.29) is 6.10 Å². The van der Waals surface area contributed by atoms with Gasteiger partial charge in [-0.3, -0.25) is 0 Å². The molecule has 1 unspecified atom stereocenters. The van der Waals surface area contributed by atoms with Crippen molar-refractivity contribution in [1.29, 1.82) is 0 Å². The molecule has 1 aromatic carbocycles. The maximum atomic E-state index is 9.77. The van der Waals surface area contributed by atoms with Crippen LogP contribution in [0.5, 0.6) is 0 Å². The van der Waals surface area contributed by atoms with Crippen molar-refractivity contribution in [3.63, 3.8) is 0 Å². The number of hydrogen-bond donors (Lipinski definition) is 2. The van der Waals surface area contributed by atoms with Crippen LogP contribution < -0.4 is 5.32 Å². The zero-order chi connectivity index (χ0) is 10.5. The van der Waals surface area contributed by atoms with E-state index >= 15 is 0 Å². The van der Waals surface area contributed by atoms with Crippen molar-refractivity contribution in [3.05, 3.63) is 35.9 Å². The average molecular weight is 205 g/mol. The van der Waals surface area contributed by atoms with Gasteiger partial charge in [0.05, 0.1) is 6.10 Å². The van der Waals surface area contributed by atoms with Gasteiger partial charge in [-0.1, -0.05) is 30.3 Å². The Bertz CT molecular complexity index is 282. The highest BCUT2D eigenvalue weighted by Crippen LogP contribution is 2.27. The summed E-state index contributed by atoms with van der Waals surface area (Å²) in [6, 6.07) is 10.1. The first-order valence-electron chi connectivity index (χ1n) is 5.77. The van der Waals surface area contributed by atoms with Gasteiger partial charge in [-0.2, -0.15) is 0 Å². The normalized spacial score (nSPS) is 17.7. The molecule has 1 aromatic rings. The third-order valence-corrected chi connectivity index (χ3v) is 2.82. The molecule has 0 radical (unpaired) electrons. The van der Waals surface area contributed by atoms with Crippen LogP contribution in [-0.2, 0) is 6.42 Å². The standard InChI is InChI=1S/C13H19NO/c15-13(10-14-9-12-6-7-12)8-11-4-2-1-3-5-11/h1-5,12-15H,6-10H2. The molecule has 0 bridgehead atoms. The molecule has 0 saturated heterocycles. The maximum absolute atomic E-state index is 9.77. The van der Waals surface area contributed by atoms with E-state index in [0.29, 0.717) is 6.54 Å². The summed E-state index contributed by atoms with van der Waals surface area (Å²) in [5.41, 5.74) is 1.21. The number of nitrogens with one attached hydrogen (secondary N) is 1. The van der Waals surface area contributed by atoms with E-state index in [1.54, 1.807) is 0 Å². The molecule has 1 atom stereocenters. The highest BCUT2D eigenvalue weighted by molar-refractivity contribution is 5.15. The van der Waals surface area contributed by atoms with Crippen molar-refractivity contribution in [2.24, 2.45) is 5.92 Å². The Morgan fingerprint density at radius 2 is 2.00 bits per heavy atom. The monoisotopic (exact) mass is 205 g/mol. The van der Waals surface area contributed by atoms with Gasteiger partial charge in [0.25, 0.3) is 0 Å². The number of rotatable bonds is 6. The van der Waals surface area contributed by atoms with Gasteiger partial charge in [-0.25, -0.2) is 0 Å². The molecule has 1 aliphatic rings. The minimum absolute atomic E-state index is 0.258. The molecule has 0 amide bonds. The lowest BCUT2D eigenvalue weighted by atomic mass is 10.1. The molecule has 0 aromatic heterocycles. The quantitative estimate of drug-likeness (QED) is 0.739. The first kappa shape index (κ1) is 10.7. The minimum Gasteiger partial charge on any atom is -0.391 e. The zero-order valence-electron chi connectivity index (χ0n) is 9.02. The van der Waals surface area contributed by atoms with Crippen molar-refractivity contribution in [2.45, 2.75) is 25.4 Å². The van der Waals surface area contributed by atoms with E-state index < -0.39 is 0 Å². The van der Waals surface area contributed by atoms with Crippen LogP contribution in [0.4, 0.5) is 0 Å². The van der Waals surface area contributed by atoms with Crippen LogP contribution >= 0.6 is 0 Å². The Labute approximate surface area is 91.3 Å². The summed E-state index contributed by atoms with van der Waals surface area (Å²) in [4.78, 5) is 0. The molecule has 1 fully saturated rings. The van der Waals surface area contributed by atoms with Crippen molar-refractivity contribution in [2.75, 3.05) is 13.1 Å². The van der Waals surface area contributed by atoms with Gasteiger partial charge in [0.15, 0.2) is 0 Å². The van der Waals surface area contributed by atoms with Crippen molar-refractivity contribution in [1.82, 2.24) is 5.32 Å². The van der Waals surface area contributed by atoms with Crippen LogP contribution in [0.3, 0.4) is 0 Å². The Balaban J connectivity index is 1.65. The second-order valence-electron chi connectivity index (χ2n) is 4.45. The Morgan fingerprint density at radius 1 is 1.27 bits per heavy atom. The van der Waals surface area contributed by atoms with Gasteiger partial charge in [0, 0.05) is 6.54 Å². The fraction of sp³-hybridized carbons (Fsp3) is 0.538. The van der Waals surface area contributed by atoms with Gasteiger partial charge in [0.2, 0.25) is 0 Å². The first-order chi connectivity index (χ1) is 7.34.